The molecule has 276 valence electrons. The van der Waals surface area contributed by atoms with E-state index in [2.05, 4.69) is 31.9 Å². The van der Waals surface area contributed by atoms with Crippen molar-refractivity contribution in [2.75, 3.05) is 38.2 Å². The van der Waals surface area contributed by atoms with Crippen LogP contribution in [0.15, 0.2) is 167 Å². The molecule has 0 N–H and O–H groups in total. The van der Waals surface area contributed by atoms with Crippen molar-refractivity contribution in [1.82, 2.24) is 0 Å². The van der Waals surface area contributed by atoms with E-state index in [-0.39, 0.29) is 11.1 Å². The van der Waals surface area contributed by atoms with E-state index < -0.39 is 0 Å². The van der Waals surface area contributed by atoms with Crippen molar-refractivity contribution in [3.63, 3.8) is 0 Å². The van der Waals surface area contributed by atoms with Crippen molar-refractivity contribution >= 4 is 57.9 Å². The number of ether oxygens (including phenoxy) is 4. The molecule has 0 aliphatic carbocycles. The van der Waals surface area contributed by atoms with Crippen LogP contribution in [0, 0.1) is 22.7 Å². The Morgan fingerprint density at radius 2 is 0.607 bits per heavy atom. The quantitative estimate of drug-likeness (QED) is 0.0801. The Kier molecular flexibility index (Phi) is 12.4. The maximum atomic E-state index is 9.97. The highest BCUT2D eigenvalue weighted by Gasteiger charge is 2.15. The Morgan fingerprint density at radius 1 is 0.393 bits per heavy atom. The predicted molar refractivity (Wildman–Crippen MR) is 223 cm³/mol. The van der Waals surface area contributed by atoms with Crippen molar-refractivity contribution in [3.05, 3.63) is 157 Å². The van der Waals surface area contributed by atoms with Crippen molar-refractivity contribution in [2.24, 2.45) is 9.98 Å². The van der Waals surface area contributed by atoms with Crippen LogP contribution in [0.3, 0.4) is 0 Å². The molecule has 0 amide bonds. The molecule has 0 saturated carbocycles. The molecule has 6 rings (SSSR count). The molecule has 10 nitrogen and oxygen atoms in total. The summed E-state index contributed by atoms with van der Waals surface area (Å²) in [6.07, 6.45) is 2.77. The first-order chi connectivity index (χ1) is 27.5. The zero-order valence-electron chi connectivity index (χ0n) is 31.3. The molecule has 0 radical (unpaired) electrons. The van der Waals surface area contributed by atoms with Crippen LogP contribution in [0.4, 0.5) is 45.5 Å². The summed E-state index contributed by atoms with van der Waals surface area (Å²) in [5, 5.41) is 19.9. The fourth-order valence-corrected chi connectivity index (χ4v) is 5.79. The highest BCUT2D eigenvalue weighted by molar-refractivity contribution is 5.99. The second kappa shape index (κ2) is 18.3. The minimum atomic E-state index is 0.0835. The number of allylic oxidation sites excluding steroid dienone is 2. The number of methoxy groups -OCH3 is 4. The molecule has 6 aromatic rings. The van der Waals surface area contributed by atoms with Crippen molar-refractivity contribution in [2.45, 2.75) is 0 Å². The average Bonchev–Trinajstić information content (AvgIpc) is 3.27. The Hall–Kier alpha value is -7.82. The topological polar surface area (TPSA) is 116 Å². The first kappa shape index (κ1) is 37.9. The van der Waals surface area contributed by atoms with Crippen LogP contribution in [0.1, 0.15) is 0 Å². The van der Waals surface area contributed by atoms with Crippen LogP contribution in [0.25, 0.3) is 0 Å². The third kappa shape index (κ3) is 9.03. The molecule has 0 aliphatic heterocycles. The highest BCUT2D eigenvalue weighted by atomic mass is 16.5. The number of rotatable bonds is 14. The zero-order valence-corrected chi connectivity index (χ0v) is 31.3. The summed E-state index contributed by atoms with van der Waals surface area (Å²) in [7, 11) is 6.54. The minimum absolute atomic E-state index is 0.0835. The van der Waals surface area contributed by atoms with Gasteiger partial charge in [0.05, 0.1) is 51.0 Å². The van der Waals surface area contributed by atoms with Crippen LogP contribution in [-0.4, -0.2) is 40.9 Å². The fourth-order valence-electron chi connectivity index (χ4n) is 5.79. The van der Waals surface area contributed by atoms with E-state index in [4.69, 9.17) is 18.9 Å². The molecule has 56 heavy (non-hydrogen) atoms. The van der Waals surface area contributed by atoms with Gasteiger partial charge in [-0.1, -0.05) is 0 Å². The molecule has 0 unspecified atom stereocenters. The molecule has 0 bridgehead atoms. The van der Waals surface area contributed by atoms with Gasteiger partial charge in [0.2, 0.25) is 0 Å². The van der Waals surface area contributed by atoms with Gasteiger partial charge >= 0.3 is 0 Å². The van der Waals surface area contributed by atoms with Gasteiger partial charge in [0.25, 0.3) is 0 Å². The summed E-state index contributed by atoms with van der Waals surface area (Å²) >= 11 is 0. The normalized spacial score (nSPS) is 11.3. The van der Waals surface area contributed by atoms with Gasteiger partial charge in [-0.15, -0.1) is 0 Å². The van der Waals surface area contributed by atoms with Crippen LogP contribution in [-0.2, 0) is 0 Å². The van der Waals surface area contributed by atoms with Gasteiger partial charge in [-0.25, -0.2) is 0 Å². The number of hydrogen-bond acceptors (Lipinski definition) is 10. The molecular weight excluding hydrogens is 701 g/mol. The Morgan fingerprint density at radius 3 is 0.804 bits per heavy atom. The first-order valence-electron chi connectivity index (χ1n) is 17.5. The van der Waals surface area contributed by atoms with Crippen LogP contribution < -0.4 is 28.7 Å². The molecular formula is C46H38N6O4. The van der Waals surface area contributed by atoms with E-state index >= 15 is 0 Å². The summed E-state index contributed by atoms with van der Waals surface area (Å²) in [4.78, 5) is 13.2. The number of aliphatic imine (C=N–C) groups is 2. The maximum absolute atomic E-state index is 9.97. The summed E-state index contributed by atoms with van der Waals surface area (Å²) in [6, 6.07) is 50.5. The van der Waals surface area contributed by atoms with Gasteiger partial charge in [-0.3, -0.25) is 9.98 Å². The van der Waals surface area contributed by atoms with Gasteiger partial charge in [-0.05, 0) is 146 Å². The van der Waals surface area contributed by atoms with Gasteiger partial charge in [0, 0.05) is 46.6 Å². The van der Waals surface area contributed by atoms with E-state index in [1.54, 1.807) is 28.4 Å². The lowest BCUT2D eigenvalue weighted by molar-refractivity contribution is 0.414. The monoisotopic (exact) mass is 738 g/mol. The molecule has 0 aliphatic rings. The van der Waals surface area contributed by atoms with Gasteiger partial charge in [-0.2, -0.15) is 10.5 Å². The summed E-state index contributed by atoms with van der Waals surface area (Å²) in [5.74, 6) is 3.03. The molecule has 0 atom stereocenters. The van der Waals surface area contributed by atoms with E-state index in [9.17, 15) is 10.5 Å². The molecule has 0 spiro atoms. The van der Waals surface area contributed by atoms with E-state index in [1.807, 2.05) is 146 Å². The van der Waals surface area contributed by atoms with Gasteiger partial charge in [0.1, 0.15) is 35.1 Å². The summed E-state index contributed by atoms with van der Waals surface area (Å²) in [6.45, 7) is 0. The summed E-state index contributed by atoms with van der Waals surface area (Å²) < 4.78 is 21.4. The molecule has 6 aromatic carbocycles. The third-order valence-corrected chi connectivity index (χ3v) is 8.75. The standard InChI is InChI=1S/C46H38N6O4/c1-53-43-21-13-39(14-22-43)51(40-15-23-44(54-2)24-16-40)37-9-5-35(6-10-37)49-31-33(29-47)34(30-48)32-50-36-7-11-38(12-8-36)52(41-17-25-45(55-3)26-18-41)42-19-27-46(56-4)28-20-42/h5-28,31-32H,1-4H3/b34-33+,49-31?,50-32?. The van der Waals surface area contributed by atoms with E-state index in [0.717, 1.165) is 57.1 Å². The first-order valence-corrected chi connectivity index (χ1v) is 17.5. The van der Waals surface area contributed by atoms with Crippen LogP contribution >= 0.6 is 0 Å². The number of nitrogens with zero attached hydrogens (tertiary/aromatic N) is 6. The number of anilines is 6. The van der Waals surface area contributed by atoms with E-state index in [0.29, 0.717) is 11.4 Å². The lowest BCUT2D eigenvalue weighted by atomic mass is 10.1. The van der Waals surface area contributed by atoms with Crippen molar-refractivity contribution in [3.8, 4) is 35.1 Å². The fraction of sp³-hybridized carbons (Fsp3) is 0.0870. The molecule has 0 aromatic heterocycles. The smallest absolute Gasteiger partial charge is 0.119 e. The van der Waals surface area contributed by atoms with Crippen molar-refractivity contribution in [1.29, 1.82) is 10.5 Å². The average molecular weight is 739 g/mol. The lowest BCUT2D eigenvalue weighted by Gasteiger charge is -2.25. The third-order valence-electron chi connectivity index (χ3n) is 8.75. The SMILES string of the molecule is COc1ccc(N(c2ccc(N=C/C(C#N)=C(\C#N)C=Nc3ccc(N(c4ccc(OC)cc4)c4ccc(OC)cc4)cc3)cc2)c2ccc(OC)cc2)cc1. The number of benzene rings is 6. The molecule has 0 saturated heterocycles. The number of nitriles is 2. The zero-order chi connectivity index (χ0) is 39.3. The second-order valence-corrected chi connectivity index (χ2v) is 12.1. The Labute approximate surface area is 326 Å². The van der Waals surface area contributed by atoms with Crippen LogP contribution in [0.5, 0.6) is 23.0 Å². The Balaban J connectivity index is 1.21. The second-order valence-electron chi connectivity index (χ2n) is 12.1. The lowest BCUT2D eigenvalue weighted by Crippen LogP contribution is -2.09. The van der Waals surface area contributed by atoms with Gasteiger partial charge in [0.15, 0.2) is 0 Å². The molecule has 0 heterocycles. The van der Waals surface area contributed by atoms with Crippen molar-refractivity contribution < 1.29 is 18.9 Å². The number of hydrogen-bond donors (Lipinski definition) is 0. The predicted octanol–water partition coefficient (Wildman–Crippen LogP) is 11.1. The van der Waals surface area contributed by atoms with E-state index in [1.165, 1.54) is 12.4 Å². The Bertz CT molecular complexity index is 2130. The maximum Gasteiger partial charge on any atom is 0.119 e. The molecule has 10 heteroatoms. The molecule has 0 fully saturated rings. The minimum Gasteiger partial charge on any atom is -0.497 e. The largest absolute Gasteiger partial charge is 0.497 e. The summed E-state index contributed by atoms with van der Waals surface area (Å²) in [5.41, 5.74) is 6.89. The van der Waals surface area contributed by atoms with Gasteiger partial charge < -0.3 is 28.7 Å². The highest BCUT2D eigenvalue weighted by Crippen LogP contribution is 2.38. The van der Waals surface area contributed by atoms with Crippen LogP contribution in [0.2, 0.25) is 0 Å².